The van der Waals surface area contributed by atoms with Crippen LogP contribution in [-0.4, -0.2) is 48.1 Å². The number of rotatable bonds is 8. The van der Waals surface area contributed by atoms with Crippen molar-refractivity contribution in [2.75, 3.05) is 36.6 Å². The van der Waals surface area contributed by atoms with Gasteiger partial charge >= 0.3 is 0 Å². The molecule has 0 bridgehead atoms. The molecule has 1 radical (unpaired) electrons. The van der Waals surface area contributed by atoms with Gasteiger partial charge in [-0.05, 0) is 38.6 Å². The molecule has 0 atom stereocenters. The van der Waals surface area contributed by atoms with Gasteiger partial charge in [0.05, 0.1) is 29.1 Å². The molecule has 22 heavy (non-hydrogen) atoms. The standard InChI is InChI=1S/C15H24NO3PS.Y/c1-5-20(6-2,7-3)9-13(19)16-14-11(4)10-21-15(14)12(18)8-17;/h10,17H,5-9H2,1-4H3;/p+1. The summed E-state index contributed by atoms with van der Waals surface area (Å²) in [6.45, 7) is 7.81. The quantitative estimate of drug-likeness (QED) is 0.502. The Morgan fingerprint density at radius 1 is 1.23 bits per heavy atom. The molecule has 0 unspecified atom stereocenters. The number of aliphatic hydroxyl groups is 1. The van der Waals surface area contributed by atoms with Crippen LogP contribution in [0.2, 0.25) is 0 Å². The predicted molar refractivity (Wildman–Crippen MR) is 92.5 cm³/mol. The van der Waals surface area contributed by atoms with Crippen molar-refractivity contribution in [3.63, 3.8) is 0 Å². The zero-order valence-corrected chi connectivity index (χ0v) is 18.4. The first-order chi connectivity index (χ1) is 9.92. The fourth-order valence-electron chi connectivity index (χ4n) is 2.37. The molecule has 1 amide bonds. The smallest absolute Gasteiger partial charge is 0.261 e. The number of aliphatic hydroxyl groups excluding tert-OH is 1. The van der Waals surface area contributed by atoms with Gasteiger partial charge in [0.2, 0.25) is 0 Å². The number of carbonyl (C=O) groups is 2. The number of Topliss-reactive ketones (excluding diaryl/α,β-unsaturated/α-hetero) is 1. The van der Waals surface area contributed by atoms with Crippen molar-refractivity contribution in [3.05, 3.63) is 15.8 Å². The van der Waals surface area contributed by atoms with E-state index in [1.54, 1.807) is 0 Å². The van der Waals surface area contributed by atoms with Gasteiger partial charge in [-0.15, -0.1) is 11.3 Å². The van der Waals surface area contributed by atoms with E-state index in [-0.39, 0.29) is 44.4 Å². The number of aryl methyl sites for hydroxylation is 1. The number of hydrogen-bond donors (Lipinski definition) is 2. The van der Waals surface area contributed by atoms with Crippen molar-refractivity contribution in [2.45, 2.75) is 27.7 Å². The third kappa shape index (κ3) is 5.45. The number of nitrogens with one attached hydrogen (secondary N) is 1. The minimum absolute atomic E-state index is 0. The monoisotopic (exact) mass is 419 g/mol. The second kappa shape index (κ2) is 10.3. The molecule has 0 aliphatic heterocycles. The second-order valence-corrected chi connectivity index (χ2v) is 11.0. The van der Waals surface area contributed by atoms with Gasteiger partial charge in [0.15, 0.2) is 5.78 Å². The number of hydrogen-bond acceptors (Lipinski definition) is 4. The summed E-state index contributed by atoms with van der Waals surface area (Å²) in [5, 5.41) is 13.7. The molecule has 1 rings (SSSR count). The average molecular weight is 419 g/mol. The van der Waals surface area contributed by atoms with Crippen LogP contribution in [0, 0.1) is 6.92 Å². The fourth-order valence-corrected chi connectivity index (χ4v) is 6.01. The third-order valence-electron chi connectivity index (χ3n) is 4.13. The molecule has 1 aromatic rings. The maximum atomic E-state index is 12.4. The fraction of sp³-hybridized carbons (Fsp3) is 0.600. The summed E-state index contributed by atoms with van der Waals surface area (Å²) in [6, 6.07) is 0. The van der Waals surface area contributed by atoms with E-state index in [1.165, 1.54) is 11.3 Å². The number of anilines is 1. The van der Waals surface area contributed by atoms with Crippen molar-refractivity contribution in [3.8, 4) is 0 Å². The van der Waals surface area contributed by atoms with Gasteiger partial charge < -0.3 is 10.4 Å². The summed E-state index contributed by atoms with van der Waals surface area (Å²) in [5.74, 6) is -0.353. The number of amides is 1. The van der Waals surface area contributed by atoms with Gasteiger partial charge in [0, 0.05) is 40.0 Å². The van der Waals surface area contributed by atoms with Crippen LogP contribution in [0.5, 0.6) is 0 Å². The van der Waals surface area contributed by atoms with Gasteiger partial charge in [-0.2, -0.15) is 0 Å². The maximum Gasteiger partial charge on any atom is 0.261 e. The van der Waals surface area contributed by atoms with Crippen molar-refractivity contribution in [2.24, 2.45) is 0 Å². The zero-order chi connectivity index (χ0) is 16.0. The van der Waals surface area contributed by atoms with Crippen molar-refractivity contribution in [1.29, 1.82) is 0 Å². The molecule has 4 nitrogen and oxygen atoms in total. The summed E-state index contributed by atoms with van der Waals surface area (Å²) in [6.07, 6.45) is 3.77. The average Bonchev–Trinajstić information content (AvgIpc) is 2.85. The SMILES string of the molecule is CC[P+](CC)(CC)CC(=O)Nc1c(C)csc1C(=O)CO.[Y]. The van der Waals surface area contributed by atoms with E-state index in [9.17, 15) is 9.59 Å². The van der Waals surface area contributed by atoms with Crippen molar-refractivity contribution < 1.29 is 47.4 Å². The van der Waals surface area contributed by atoms with Crippen LogP contribution in [0.15, 0.2) is 5.38 Å². The molecular weight excluding hydrogens is 394 g/mol. The minimum Gasteiger partial charge on any atom is -0.388 e. The molecule has 0 saturated carbocycles. The van der Waals surface area contributed by atoms with Gasteiger partial charge in [0.1, 0.15) is 12.8 Å². The molecule has 7 heteroatoms. The van der Waals surface area contributed by atoms with Crippen LogP contribution in [0.1, 0.15) is 36.0 Å². The van der Waals surface area contributed by atoms with E-state index in [1.807, 2.05) is 12.3 Å². The largest absolute Gasteiger partial charge is 0.388 e. The molecule has 1 aromatic heterocycles. The molecule has 0 aliphatic carbocycles. The van der Waals surface area contributed by atoms with Crippen LogP contribution in [-0.2, 0) is 37.5 Å². The van der Waals surface area contributed by atoms with Crippen LogP contribution >= 0.6 is 18.6 Å². The Balaban J connectivity index is 0.00000441. The first-order valence-electron chi connectivity index (χ1n) is 7.30. The first kappa shape index (κ1) is 22.3. The van der Waals surface area contributed by atoms with Gasteiger partial charge in [0.25, 0.3) is 5.91 Å². The molecular formula is C15H25NO3PSY+. The van der Waals surface area contributed by atoms with Crippen molar-refractivity contribution in [1.82, 2.24) is 0 Å². The topological polar surface area (TPSA) is 66.4 Å². The molecule has 121 valence electrons. The number of carbonyl (C=O) groups excluding carboxylic acids is 2. The molecule has 0 aromatic carbocycles. The minimum atomic E-state index is -1.22. The van der Waals surface area contributed by atoms with Crippen LogP contribution in [0.3, 0.4) is 0 Å². The zero-order valence-electron chi connectivity index (χ0n) is 13.8. The van der Waals surface area contributed by atoms with Gasteiger partial charge in [-0.25, -0.2) is 0 Å². The van der Waals surface area contributed by atoms with Crippen LogP contribution < -0.4 is 5.32 Å². The van der Waals surface area contributed by atoms with Crippen LogP contribution in [0.25, 0.3) is 0 Å². The first-order valence-corrected chi connectivity index (χ1v) is 10.7. The Labute approximate surface area is 162 Å². The maximum absolute atomic E-state index is 12.4. The Bertz CT molecular complexity index is 507. The Hall–Kier alpha value is 0.334. The molecule has 0 fully saturated rings. The van der Waals surface area contributed by atoms with E-state index in [4.69, 9.17) is 5.11 Å². The summed E-state index contributed by atoms with van der Waals surface area (Å²) >= 11 is 1.27. The molecule has 0 aliphatic rings. The third-order valence-corrected chi connectivity index (χ3v) is 10.2. The predicted octanol–water partition coefficient (Wildman–Crippen LogP) is 3.24. The molecule has 1 heterocycles. The van der Waals surface area contributed by atoms with Gasteiger partial charge in [-0.3, -0.25) is 9.59 Å². The van der Waals surface area contributed by atoms with E-state index in [0.717, 1.165) is 24.0 Å². The van der Waals surface area contributed by atoms with Crippen LogP contribution in [0.4, 0.5) is 5.69 Å². The number of ketones is 1. The van der Waals surface area contributed by atoms with Gasteiger partial charge in [-0.1, -0.05) is 0 Å². The van der Waals surface area contributed by atoms with E-state index in [2.05, 4.69) is 26.1 Å². The summed E-state index contributed by atoms with van der Waals surface area (Å²) < 4.78 is 0. The molecule has 2 N–H and O–H groups in total. The summed E-state index contributed by atoms with van der Waals surface area (Å²) in [4.78, 5) is 24.5. The molecule has 0 spiro atoms. The summed E-state index contributed by atoms with van der Waals surface area (Å²) in [5.41, 5.74) is 1.45. The Morgan fingerprint density at radius 3 is 2.23 bits per heavy atom. The van der Waals surface area contributed by atoms with Crippen molar-refractivity contribution >= 4 is 36.0 Å². The molecule has 0 saturated heterocycles. The summed E-state index contributed by atoms with van der Waals surface area (Å²) in [7, 11) is -1.22. The normalized spacial score (nSPS) is 11.0. The number of thiophene rings is 1. The van der Waals surface area contributed by atoms with E-state index in [0.29, 0.717) is 16.7 Å². The Kier molecular flexibility index (Phi) is 10.4. The van der Waals surface area contributed by atoms with E-state index >= 15 is 0 Å². The second-order valence-electron chi connectivity index (χ2n) is 5.20. The van der Waals surface area contributed by atoms with E-state index < -0.39 is 13.9 Å². The Morgan fingerprint density at radius 2 is 1.77 bits per heavy atom.